The van der Waals surface area contributed by atoms with Crippen molar-refractivity contribution in [3.63, 3.8) is 0 Å². The van der Waals surface area contributed by atoms with Crippen molar-refractivity contribution in [1.29, 1.82) is 0 Å². The molecule has 0 atom stereocenters. The second-order valence-electron chi connectivity index (χ2n) is 3.93. The van der Waals surface area contributed by atoms with Crippen molar-refractivity contribution in [2.45, 2.75) is 18.8 Å². The third-order valence-corrected chi connectivity index (χ3v) is 2.52. The minimum Gasteiger partial charge on any atom is -0.395 e. The van der Waals surface area contributed by atoms with Gasteiger partial charge in [0.1, 0.15) is 17.5 Å². The molecule has 1 heterocycles. The quantitative estimate of drug-likeness (QED) is 0.747. The summed E-state index contributed by atoms with van der Waals surface area (Å²) in [6.07, 6.45) is 2.32. The molecule has 3 N–H and O–H groups in total. The van der Waals surface area contributed by atoms with Crippen LogP contribution in [-0.4, -0.2) is 35.3 Å². The molecule has 0 saturated heterocycles. The molecule has 2 rings (SSSR count). The predicted molar refractivity (Wildman–Crippen MR) is 58.8 cm³/mol. The van der Waals surface area contributed by atoms with Crippen LogP contribution in [0.4, 0.5) is 11.6 Å². The van der Waals surface area contributed by atoms with Crippen molar-refractivity contribution in [3.05, 3.63) is 11.9 Å². The van der Waals surface area contributed by atoms with Gasteiger partial charge in [0, 0.05) is 25.6 Å². The number of aliphatic hydroxyl groups excluding tert-OH is 1. The maximum atomic E-state index is 8.84. The van der Waals surface area contributed by atoms with E-state index in [2.05, 4.69) is 9.97 Å². The van der Waals surface area contributed by atoms with Crippen LogP contribution in [0.3, 0.4) is 0 Å². The number of nitrogen functional groups attached to an aromatic ring is 1. The Bertz CT molecular complexity index is 351. The van der Waals surface area contributed by atoms with E-state index in [0.29, 0.717) is 18.3 Å². The van der Waals surface area contributed by atoms with E-state index in [-0.39, 0.29) is 6.61 Å². The van der Waals surface area contributed by atoms with Crippen LogP contribution < -0.4 is 10.6 Å². The molecule has 5 nitrogen and oxygen atoms in total. The van der Waals surface area contributed by atoms with Crippen molar-refractivity contribution >= 4 is 11.6 Å². The molecule has 0 spiro atoms. The third-order valence-electron chi connectivity index (χ3n) is 2.52. The highest BCUT2D eigenvalue weighted by molar-refractivity contribution is 5.47. The van der Waals surface area contributed by atoms with E-state index in [1.54, 1.807) is 6.07 Å². The molecule has 0 bridgehead atoms. The fourth-order valence-electron chi connectivity index (χ4n) is 1.46. The van der Waals surface area contributed by atoms with Gasteiger partial charge in [-0.25, -0.2) is 9.97 Å². The summed E-state index contributed by atoms with van der Waals surface area (Å²) in [4.78, 5) is 10.5. The van der Waals surface area contributed by atoms with Crippen molar-refractivity contribution in [2.75, 3.05) is 30.8 Å². The van der Waals surface area contributed by atoms with Gasteiger partial charge in [-0.15, -0.1) is 0 Å². The summed E-state index contributed by atoms with van der Waals surface area (Å²) in [6.45, 7) is 0.666. The van der Waals surface area contributed by atoms with E-state index < -0.39 is 0 Å². The standard InChI is InChI=1S/C10H16N4O/c1-14(4-5-15)9-6-8(11)12-10(13-9)7-2-3-7/h6-7,15H,2-5H2,1H3,(H2,11,12,13). The van der Waals surface area contributed by atoms with Crippen molar-refractivity contribution in [3.8, 4) is 0 Å². The monoisotopic (exact) mass is 208 g/mol. The number of nitrogens with two attached hydrogens (primary N) is 1. The zero-order valence-corrected chi connectivity index (χ0v) is 8.85. The third kappa shape index (κ3) is 2.36. The van der Waals surface area contributed by atoms with E-state index in [9.17, 15) is 0 Å². The molecule has 0 amide bonds. The Morgan fingerprint density at radius 2 is 2.27 bits per heavy atom. The fraction of sp³-hybridized carbons (Fsp3) is 0.600. The van der Waals surface area contributed by atoms with Gasteiger partial charge in [-0.3, -0.25) is 0 Å². The molecule has 82 valence electrons. The average Bonchev–Trinajstić information content (AvgIpc) is 3.00. The molecule has 1 fully saturated rings. The zero-order chi connectivity index (χ0) is 10.8. The highest BCUT2D eigenvalue weighted by Gasteiger charge is 2.27. The van der Waals surface area contributed by atoms with Crippen LogP contribution in [-0.2, 0) is 0 Å². The molecule has 0 aliphatic heterocycles. The van der Waals surface area contributed by atoms with Crippen molar-refractivity contribution in [2.24, 2.45) is 0 Å². The Hall–Kier alpha value is -1.36. The summed E-state index contributed by atoms with van der Waals surface area (Å²) in [5.41, 5.74) is 5.72. The average molecular weight is 208 g/mol. The second-order valence-corrected chi connectivity index (χ2v) is 3.93. The number of aromatic nitrogens is 2. The normalized spacial score (nSPS) is 15.3. The first-order valence-corrected chi connectivity index (χ1v) is 5.17. The number of rotatable bonds is 4. The van der Waals surface area contributed by atoms with Gasteiger partial charge in [-0.05, 0) is 12.8 Å². The lowest BCUT2D eigenvalue weighted by Crippen LogP contribution is -2.23. The van der Waals surface area contributed by atoms with Crippen LogP contribution in [0.2, 0.25) is 0 Å². The Kier molecular flexibility index (Phi) is 2.73. The van der Waals surface area contributed by atoms with Crippen LogP contribution >= 0.6 is 0 Å². The first-order valence-electron chi connectivity index (χ1n) is 5.17. The molecule has 1 saturated carbocycles. The predicted octanol–water partition coefficient (Wildman–Crippen LogP) is 0.365. The van der Waals surface area contributed by atoms with E-state index in [1.165, 1.54) is 0 Å². The summed E-state index contributed by atoms with van der Waals surface area (Å²) in [5, 5.41) is 8.84. The van der Waals surface area contributed by atoms with Crippen molar-refractivity contribution in [1.82, 2.24) is 9.97 Å². The fourth-order valence-corrected chi connectivity index (χ4v) is 1.46. The van der Waals surface area contributed by atoms with Crippen LogP contribution in [0.25, 0.3) is 0 Å². The van der Waals surface area contributed by atoms with Crippen LogP contribution in [0.1, 0.15) is 24.6 Å². The highest BCUT2D eigenvalue weighted by atomic mass is 16.3. The molecule has 15 heavy (non-hydrogen) atoms. The maximum Gasteiger partial charge on any atom is 0.136 e. The molecule has 0 unspecified atom stereocenters. The first-order chi connectivity index (χ1) is 7.20. The minimum atomic E-state index is 0.110. The zero-order valence-electron chi connectivity index (χ0n) is 8.85. The first kappa shape index (κ1) is 10.2. The highest BCUT2D eigenvalue weighted by Crippen LogP contribution is 2.38. The number of nitrogens with zero attached hydrogens (tertiary/aromatic N) is 3. The molecule has 5 heteroatoms. The van der Waals surface area contributed by atoms with Gasteiger partial charge in [0.25, 0.3) is 0 Å². The Morgan fingerprint density at radius 3 is 2.87 bits per heavy atom. The summed E-state index contributed by atoms with van der Waals surface area (Å²) < 4.78 is 0. The van der Waals surface area contributed by atoms with Gasteiger partial charge in [0.2, 0.25) is 0 Å². The van der Waals surface area contributed by atoms with Crippen LogP contribution in [0.5, 0.6) is 0 Å². The number of aliphatic hydroxyl groups is 1. The second kappa shape index (κ2) is 4.02. The summed E-state index contributed by atoms with van der Waals surface area (Å²) >= 11 is 0. The van der Waals surface area contributed by atoms with Gasteiger partial charge >= 0.3 is 0 Å². The van der Waals surface area contributed by atoms with E-state index >= 15 is 0 Å². The summed E-state index contributed by atoms with van der Waals surface area (Å²) in [7, 11) is 1.88. The van der Waals surface area contributed by atoms with E-state index in [0.717, 1.165) is 24.5 Å². The molecule has 1 aliphatic rings. The smallest absolute Gasteiger partial charge is 0.136 e. The molecule has 1 aromatic heterocycles. The Morgan fingerprint density at radius 1 is 1.53 bits per heavy atom. The van der Waals surface area contributed by atoms with Gasteiger partial charge in [0.05, 0.1) is 6.61 Å². The van der Waals surface area contributed by atoms with Crippen LogP contribution in [0.15, 0.2) is 6.07 Å². The Balaban J connectivity index is 2.22. The van der Waals surface area contributed by atoms with Crippen LogP contribution in [0, 0.1) is 0 Å². The Labute approximate surface area is 88.9 Å². The molecular formula is C10H16N4O. The lowest BCUT2D eigenvalue weighted by atomic mass is 10.3. The van der Waals surface area contributed by atoms with Gasteiger partial charge in [-0.2, -0.15) is 0 Å². The molecule has 0 aromatic carbocycles. The molecule has 1 aromatic rings. The number of anilines is 2. The van der Waals surface area contributed by atoms with Gasteiger partial charge < -0.3 is 15.7 Å². The summed E-state index contributed by atoms with van der Waals surface area (Å²) in [6, 6.07) is 1.74. The van der Waals surface area contributed by atoms with E-state index in [4.69, 9.17) is 10.8 Å². The lowest BCUT2D eigenvalue weighted by molar-refractivity contribution is 0.304. The number of likely N-dealkylation sites (N-methyl/N-ethyl adjacent to an activating group) is 1. The van der Waals surface area contributed by atoms with Crippen molar-refractivity contribution < 1.29 is 5.11 Å². The minimum absolute atomic E-state index is 0.110. The maximum absolute atomic E-state index is 8.84. The lowest BCUT2D eigenvalue weighted by Gasteiger charge is -2.17. The molecule has 0 radical (unpaired) electrons. The molecule has 1 aliphatic carbocycles. The molecular weight excluding hydrogens is 192 g/mol. The number of hydrogen-bond acceptors (Lipinski definition) is 5. The largest absolute Gasteiger partial charge is 0.395 e. The van der Waals surface area contributed by atoms with Gasteiger partial charge in [-0.1, -0.05) is 0 Å². The topological polar surface area (TPSA) is 75.3 Å². The number of hydrogen-bond donors (Lipinski definition) is 2. The van der Waals surface area contributed by atoms with Gasteiger partial charge in [0.15, 0.2) is 0 Å². The summed E-state index contributed by atoms with van der Waals surface area (Å²) in [5.74, 6) is 2.63. The van der Waals surface area contributed by atoms with E-state index in [1.807, 2.05) is 11.9 Å². The SMILES string of the molecule is CN(CCO)c1cc(N)nc(C2CC2)n1.